The number of nitrogens with zero attached hydrogens (tertiary/aromatic N) is 6. The molecular weight excluding hydrogens is 567 g/mol. The number of halogens is 2. The van der Waals surface area contributed by atoms with Gasteiger partial charge >= 0.3 is 0 Å². The minimum Gasteiger partial charge on any atom is -0.508 e. The minimum atomic E-state index is -0.409. The third kappa shape index (κ3) is 5.43. The molecule has 1 amide bonds. The number of aromatic hydroxyl groups is 1. The van der Waals surface area contributed by atoms with Crippen LogP contribution in [0.5, 0.6) is 5.75 Å². The summed E-state index contributed by atoms with van der Waals surface area (Å²) < 4.78 is 16.8. The second-order valence-corrected chi connectivity index (χ2v) is 12.2. The van der Waals surface area contributed by atoms with Crippen LogP contribution in [-0.4, -0.2) is 109 Å². The normalized spacial score (nSPS) is 19.7. The van der Waals surface area contributed by atoms with Crippen molar-refractivity contribution in [1.29, 1.82) is 0 Å². The van der Waals surface area contributed by atoms with Crippen LogP contribution in [0.1, 0.15) is 32.3 Å². The molecule has 1 unspecified atom stereocenters. The Bertz CT molecular complexity index is 1550. The summed E-state index contributed by atoms with van der Waals surface area (Å²) in [5, 5.41) is 12.4. The van der Waals surface area contributed by atoms with E-state index in [0.717, 1.165) is 43.2 Å². The molecule has 43 heavy (non-hydrogen) atoms. The van der Waals surface area contributed by atoms with E-state index in [0.29, 0.717) is 62.0 Å². The minimum absolute atomic E-state index is 0.0589. The highest BCUT2D eigenvalue weighted by atomic mass is 35.5. The molecule has 10 heteroatoms. The summed E-state index contributed by atoms with van der Waals surface area (Å²) in [4.78, 5) is 29.0. The summed E-state index contributed by atoms with van der Waals surface area (Å²) in [5.74, 6) is 0.523. The van der Waals surface area contributed by atoms with Crippen molar-refractivity contribution in [3.8, 4) is 16.9 Å². The smallest absolute Gasteiger partial charge is 0.255 e. The van der Waals surface area contributed by atoms with Gasteiger partial charge in [-0.15, -0.1) is 0 Å². The quantitative estimate of drug-likeness (QED) is 0.423. The molecule has 0 aromatic heterocycles. The van der Waals surface area contributed by atoms with Crippen LogP contribution in [0.3, 0.4) is 0 Å². The number of fused-ring (bicyclic) bond motifs is 2. The standard InChI is InChI=1S/C33H40ClFN6O2/c1-4-10-39-13-12-37(3)32(39)33(43)40-16-14-38(15-17-40)31-26-20-27(34)28(29(35)30(26)41(11-5-2)21-36-31)25-19-23(42)18-22-8-6-7-9-24(22)25/h6-9,18-20,32,42H,4-5,10-17,21H2,1-3H3. The highest BCUT2D eigenvalue weighted by Crippen LogP contribution is 2.44. The summed E-state index contributed by atoms with van der Waals surface area (Å²) in [7, 11) is 2.02. The number of piperazine rings is 1. The number of carbonyl (C=O) groups excluding carboxylic acids is 1. The van der Waals surface area contributed by atoms with Crippen LogP contribution in [0, 0.1) is 5.82 Å². The predicted octanol–water partition coefficient (Wildman–Crippen LogP) is 5.07. The van der Waals surface area contributed by atoms with E-state index < -0.39 is 5.82 Å². The number of benzene rings is 3. The van der Waals surface area contributed by atoms with E-state index >= 15 is 4.39 Å². The van der Waals surface area contributed by atoms with Gasteiger partial charge in [-0.25, -0.2) is 9.38 Å². The molecule has 0 saturated carbocycles. The van der Waals surface area contributed by atoms with Crippen LogP contribution in [-0.2, 0) is 4.79 Å². The summed E-state index contributed by atoms with van der Waals surface area (Å²) in [6.07, 6.45) is 1.64. The van der Waals surface area contributed by atoms with Crippen LogP contribution >= 0.6 is 11.6 Å². The zero-order valence-electron chi connectivity index (χ0n) is 25.2. The number of phenolic OH excluding ortho intramolecular Hbond substituents is 1. The van der Waals surface area contributed by atoms with E-state index in [1.807, 2.05) is 47.2 Å². The van der Waals surface area contributed by atoms with Crippen molar-refractivity contribution in [3.63, 3.8) is 0 Å². The number of hydrogen-bond acceptors (Lipinski definition) is 7. The fourth-order valence-corrected chi connectivity index (χ4v) is 7.14. The molecule has 0 radical (unpaired) electrons. The largest absolute Gasteiger partial charge is 0.508 e. The summed E-state index contributed by atoms with van der Waals surface area (Å²) >= 11 is 6.90. The molecule has 3 heterocycles. The molecule has 8 nitrogen and oxygen atoms in total. The Morgan fingerprint density at radius 3 is 2.49 bits per heavy atom. The van der Waals surface area contributed by atoms with Crippen LogP contribution in [0.25, 0.3) is 21.9 Å². The molecule has 0 aliphatic carbocycles. The fraction of sp³-hybridized carbons (Fsp3) is 0.455. The molecular formula is C33H40ClFN6O2. The van der Waals surface area contributed by atoms with Crippen molar-refractivity contribution in [2.75, 3.05) is 71.0 Å². The topological polar surface area (TPSA) is 65.9 Å². The number of hydrogen-bond donors (Lipinski definition) is 1. The third-order valence-corrected chi connectivity index (χ3v) is 9.17. The Balaban J connectivity index is 1.31. The first kappa shape index (κ1) is 29.7. The van der Waals surface area contributed by atoms with Crippen LogP contribution in [0.2, 0.25) is 5.02 Å². The molecule has 228 valence electrons. The van der Waals surface area contributed by atoms with E-state index in [9.17, 15) is 9.90 Å². The Labute approximate surface area is 257 Å². The van der Waals surface area contributed by atoms with E-state index in [4.69, 9.17) is 16.6 Å². The van der Waals surface area contributed by atoms with Gasteiger partial charge in [0.05, 0.1) is 10.7 Å². The number of rotatable bonds is 6. The van der Waals surface area contributed by atoms with Gasteiger partial charge in [0.2, 0.25) is 0 Å². The monoisotopic (exact) mass is 606 g/mol. The molecule has 1 atom stereocenters. The van der Waals surface area contributed by atoms with E-state index in [1.54, 1.807) is 12.1 Å². The molecule has 0 spiro atoms. The van der Waals surface area contributed by atoms with Gasteiger partial charge in [0.15, 0.2) is 5.82 Å². The highest BCUT2D eigenvalue weighted by Gasteiger charge is 2.39. The molecule has 1 N–H and O–H groups in total. The Morgan fingerprint density at radius 2 is 1.74 bits per heavy atom. The predicted molar refractivity (Wildman–Crippen MR) is 171 cm³/mol. The first-order valence-corrected chi connectivity index (χ1v) is 15.7. The molecule has 2 saturated heterocycles. The molecule has 0 bridgehead atoms. The SMILES string of the molecule is CCCN1CN=C(N2CCN(C(=O)C3N(C)CCN3CCC)CC2)c2cc(Cl)c(-c3cc(O)cc4ccccc34)c(F)c21. The molecule has 3 aliphatic heterocycles. The maximum absolute atomic E-state index is 16.8. The molecule has 3 aromatic carbocycles. The lowest BCUT2D eigenvalue weighted by atomic mass is 9.94. The first-order chi connectivity index (χ1) is 20.8. The zero-order chi connectivity index (χ0) is 30.2. The van der Waals surface area contributed by atoms with Gasteiger partial charge in [-0.1, -0.05) is 49.7 Å². The summed E-state index contributed by atoms with van der Waals surface area (Å²) in [5.41, 5.74) is 1.99. The Hall–Kier alpha value is -3.40. The lowest BCUT2D eigenvalue weighted by Gasteiger charge is -2.41. The fourth-order valence-electron chi connectivity index (χ4n) is 6.85. The zero-order valence-corrected chi connectivity index (χ0v) is 25.9. The number of amides is 1. The van der Waals surface area contributed by atoms with Gasteiger partial charge in [0.25, 0.3) is 5.91 Å². The Morgan fingerprint density at radius 1 is 1.00 bits per heavy atom. The molecule has 3 aliphatic rings. The second kappa shape index (κ2) is 12.3. The van der Waals surface area contributed by atoms with Crippen LogP contribution in [0.4, 0.5) is 10.1 Å². The van der Waals surface area contributed by atoms with Gasteiger partial charge in [-0.2, -0.15) is 0 Å². The van der Waals surface area contributed by atoms with Crippen molar-refractivity contribution in [2.24, 2.45) is 4.99 Å². The molecule has 6 rings (SSSR count). The summed E-state index contributed by atoms with van der Waals surface area (Å²) in [6, 6.07) is 12.7. The number of amidine groups is 1. The highest BCUT2D eigenvalue weighted by molar-refractivity contribution is 6.34. The van der Waals surface area contributed by atoms with Crippen molar-refractivity contribution in [1.82, 2.24) is 19.6 Å². The van der Waals surface area contributed by atoms with E-state index in [-0.39, 0.29) is 28.4 Å². The van der Waals surface area contributed by atoms with Gasteiger partial charge in [0.1, 0.15) is 24.4 Å². The van der Waals surface area contributed by atoms with E-state index in [2.05, 4.69) is 28.5 Å². The average molecular weight is 607 g/mol. The molecule has 3 aromatic rings. The maximum Gasteiger partial charge on any atom is 0.255 e. The number of anilines is 1. The number of likely N-dealkylation sites (N-methyl/N-ethyl adjacent to an activating group) is 1. The number of aliphatic imine (C=N–C) groups is 1. The average Bonchev–Trinajstić information content (AvgIpc) is 3.36. The van der Waals surface area contributed by atoms with Gasteiger partial charge in [0, 0.05) is 56.9 Å². The van der Waals surface area contributed by atoms with Crippen LogP contribution in [0.15, 0.2) is 47.5 Å². The van der Waals surface area contributed by atoms with Gasteiger partial charge in [-0.3, -0.25) is 14.6 Å². The maximum atomic E-state index is 16.8. The molecule has 2 fully saturated rings. The summed E-state index contributed by atoms with van der Waals surface area (Å²) in [6.45, 7) is 10.3. The first-order valence-electron chi connectivity index (χ1n) is 15.3. The van der Waals surface area contributed by atoms with Crippen molar-refractivity contribution < 1.29 is 14.3 Å². The second-order valence-electron chi connectivity index (χ2n) is 11.7. The lowest BCUT2D eigenvalue weighted by molar-refractivity contribution is -0.141. The Kier molecular flexibility index (Phi) is 8.49. The van der Waals surface area contributed by atoms with Gasteiger partial charge < -0.3 is 19.8 Å². The van der Waals surface area contributed by atoms with E-state index in [1.165, 1.54) is 0 Å². The third-order valence-electron chi connectivity index (χ3n) is 8.88. The lowest BCUT2D eigenvalue weighted by Crippen LogP contribution is -2.57. The van der Waals surface area contributed by atoms with Crippen molar-refractivity contribution >= 4 is 39.8 Å². The van der Waals surface area contributed by atoms with Crippen molar-refractivity contribution in [2.45, 2.75) is 32.9 Å². The number of carbonyl (C=O) groups is 1. The van der Waals surface area contributed by atoms with Crippen molar-refractivity contribution in [3.05, 3.63) is 58.9 Å². The van der Waals surface area contributed by atoms with Crippen LogP contribution < -0.4 is 4.90 Å². The number of phenols is 1. The van der Waals surface area contributed by atoms with Gasteiger partial charge in [-0.05, 0) is 61.0 Å².